The number of nitrogens with two attached hydrogens (primary N) is 1. The molecule has 2 N–H and O–H groups in total. The summed E-state index contributed by atoms with van der Waals surface area (Å²) in [6.07, 6.45) is 1.16. The third kappa shape index (κ3) is 5.12. The van der Waals surface area contributed by atoms with Crippen molar-refractivity contribution in [1.29, 1.82) is 0 Å². The fourth-order valence-electron chi connectivity index (χ4n) is 2.45. The standard InChI is InChI=1S/C16H29N3O/c1-5-19(12-6-11-18(2)3)16(13-17)14-7-9-15(20-4)10-8-14/h7-10,16H,5-6,11-13,17H2,1-4H3. The second-order valence-corrected chi connectivity index (χ2v) is 5.31. The molecule has 0 saturated carbocycles. The van der Waals surface area contributed by atoms with E-state index in [1.807, 2.05) is 12.1 Å². The van der Waals surface area contributed by atoms with E-state index in [0.29, 0.717) is 6.54 Å². The molecule has 0 saturated heterocycles. The van der Waals surface area contributed by atoms with Gasteiger partial charge in [-0.2, -0.15) is 0 Å². The summed E-state index contributed by atoms with van der Waals surface area (Å²) >= 11 is 0. The maximum absolute atomic E-state index is 6.00. The molecule has 0 spiro atoms. The van der Waals surface area contributed by atoms with E-state index in [9.17, 15) is 0 Å². The molecule has 0 amide bonds. The molecule has 1 aromatic carbocycles. The highest BCUT2D eigenvalue weighted by atomic mass is 16.5. The monoisotopic (exact) mass is 279 g/mol. The summed E-state index contributed by atoms with van der Waals surface area (Å²) in [5, 5.41) is 0. The van der Waals surface area contributed by atoms with Crippen molar-refractivity contribution in [2.24, 2.45) is 5.73 Å². The summed E-state index contributed by atoms with van der Waals surface area (Å²) < 4.78 is 5.21. The van der Waals surface area contributed by atoms with Gasteiger partial charge >= 0.3 is 0 Å². The zero-order valence-corrected chi connectivity index (χ0v) is 13.3. The molecular formula is C16H29N3O. The van der Waals surface area contributed by atoms with Gasteiger partial charge in [-0.05, 0) is 51.3 Å². The van der Waals surface area contributed by atoms with Crippen LogP contribution in [0.4, 0.5) is 0 Å². The first-order chi connectivity index (χ1) is 9.62. The third-order valence-electron chi connectivity index (χ3n) is 3.62. The predicted octanol–water partition coefficient (Wildman–Crippen LogP) is 1.97. The molecule has 114 valence electrons. The average molecular weight is 279 g/mol. The second kappa shape index (κ2) is 8.95. The highest BCUT2D eigenvalue weighted by Crippen LogP contribution is 2.22. The van der Waals surface area contributed by atoms with Crippen molar-refractivity contribution >= 4 is 0 Å². The molecule has 0 heterocycles. The van der Waals surface area contributed by atoms with Crippen molar-refractivity contribution in [1.82, 2.24) is 9.80 Å². The van der Waals surface area contributed by atoms with Crippen LogP contribution >= 0.6 is 0 Å². The molecule has 1 unspecified atom stereocenters. The number of rotatable bonds is 9. The van der Waals surface area contributed by atoms with Crippen LogP contribution in [0.3, 0.4) is 0 Å². The quantitative estimate of drug-likeness (QED) is 0.750. The van der Waals surface area contributed by atoms with E-state index < -0.39 is 0 Å². The predicted molar refractivity (Wildman–Crippen MR) is 85.2 cm³/mol. The van der Waals surface area contributed by atoms with Crippen molar-refractivity contribution in [3.63, 3.8) is 0 Å². The first-order valence-electron chi connectivity index (χ1n) is 7.35. The fourth-order valence-corrected chi connectivity index (χ4v) is 2.45. The highest BCUT2D eigenvalue weighted by molar-refractivity contribution is 5.29. The van der Waals surface area contributed by atoms with E-state index in [-0.39, 0.29) is 6.04 Å². The lowest BCUT2D eigenvalue weighted by atomic mass is 10.0. The first-order valence-corrected chi connectivity index (χ1v) is 7.35. The zero-order chi connectivity index (χ0) is 15.0. The third-order valence-corrected chi connectivity index (χ3v) is 3.62. The topological polar surface area (TPSA) is 41.7 Å². The van der Waals surface area contributed by atoms with Crippen LogP contribution in [0.1, 0.15) is 24.9 Å². The van der Waals surface area contributed by atoms with Crippen molar-refractivity contribution in [3.05, 3.63) is 29.8 Å². The Kier molecular flexibility index (Phi) is 7.59. The molecule has 0 bridgehead atoms. The Morgan fingerprint density at radius 2 is 1.80 bits per heavy atom. The van der Waals surface area contributed by atoms with E-state index in [1.54, 1.807) is 7.11 Å². The average Bonchev–Trinajstić information content (AvgIpc) is 2.46. The summed E-state index contributed by atoms with van der Waals surface area (Å²) in [5.74, 6) is 0.889. The van der Waals surface area contributed by atoms with Gasteiger partial charge in [-0.25, -0.2) is 0 Å². The number of methoxy groups -OCH3 is 1. The van der Waals surface area contributed by atoms with Gasteiger partial charge < -0.3 is 15.4 Å². The van der Waals surface area contributed by atoms with Gasteiger partial charge in [0.05, 0.1) is 7.11 Å². The van der Waals surface area contributed by atoms with Crippen LogP contribution in [0.25, 0.3) is 0 Å². The molecule has 4 heteroatoms. The fraction of sp³-hybridized carbons (Fsp3) is 0.625. The van der Waals surface area contributed by atoms with E-state index in [4.69, 9.17) is 10.5 Å². The van der Waals surface area contributed by atoms with Gasteiger partial charge in [-0.3, -0.25) is 4.90 Å². The maximum atomic E-state index is 6.00. The normalized spacial score (nSPS) is 12.9. The highest BCUT2D eigenvalue weighted by Gasteiger charge is 2.17. The molecule has 1 aromatic rings. The summed E-state index contributed by atoms with van der Waals surface area (Å²) in [6.45, 7) is 6.03. The molecule has 0 aliphatic carbocycles. The number of hydrogen-bond donors (Lipinski definition) is 1. The zero-order valence-electron chi connectivity index (χ0n) is 13.3. The number of ether oxygens (including phenoxy) is 1. The van der Waals surface area contributed by atoms with Crippen molar-refractivity contribution in [2.45, 2.75) is 19.4 Å². The largest absolute Gasteiger partial charge is 0.497 e. The Labute approximate surface area is 123 Å². The number of likely N-dealkylation sites (N-methyl/N-ethyl adjacent to an activating group) is 1. The lowest BCUT2D eigenvalue weighted by molar-refractivity contribution is 0.201. The SMILES string of the molecule is CCN(CCCN(C)C)C(CN)c1ccc(OC)cc1. The molecule has 1 rings (SSSR count). The Hall–Kier alpha value is -1.10. The summed E-state index contributed by atoms with van der Waals surface area (Å²) in [7, 11) is 5.91. The number of nitrogens with zero attached hydrogens (tertiary/aromatic N) is 2. The Bertz CT molecular complexity index is 364. The van der Waals surface area contributed by atoms with E-state index in [2.05, 4.69) is 43.0 Å². The van der Waals surface area contributed by atoms with E-state index >= 15 is 0 Å². The second-order valence-electron chi connectivity index (χ2n) is 5.31. The molecule has 0 aliphatic rings. The van der Waals surface area contributed by atoms with Gasteiger partial charge in [0.15, 0.2) is 0 Å². The maximum Gasteiger partial charge on any atom is 0.118 e. The van der Waals surface area contributed by atoms with Crippen LogP contribution in [-0.4, -0.2) is 57.2 Å². The van der Waals surface area contributed by atoms with Gasteiger partial charge in [0, 0.05) is 19.1 Å². The van der Waals surface area contributed by atoms with Crippen LogP contribution in [0.5, 0.6) is 5.75 Å². The molecule has 0 aromatic heterocycles. The van der Waals surface area contributed by atoms with Crippen LogP contribution in [0.15, 0.2) is 24.3 Å². The van der Waals surface area contributed by atoms with Gasteiger partial charge in [0.1, 0.15) is 5.75 Å². The molecule has 0 aliphatic heterocycles. The van der Waals surface area contributed by atoms with E-state index in [0.717, 1.165) is 31.8 Å². The smallest absolute Gasteiger partial charge is 0.118 e. The summed E-state index contributed by atoms with van der Waals surface area (Å²) in [5.41, 5.74) is 7.26. The van der Waals surface area contributed by atoms with Crippen LogP contribution in [-0.2, 0) is 0 Å². The Balaban J connectivity index is 2.69. The lowest BCUT2D eigenvalue weighted by Crippen LogP contribution is -2.35. The number of benzene rings is 1. The molecule has 4 nitrogen and oxygen atoms in total. The Morgan fingerprint density at radius 1 is 1.15 bits per heavy atom. The molecule has 1 atom stereocenters. The molecule has 0 fully saturated rings. The van der Waals surface area contributed by atoms with Crippen molar-refractivity contribution < 1.29 is 4.74 Å². The minimum atomic E-state index is 0.285. The molecular weight excluding hydrogens is 250 g/mol. The van der Waals surface area contributed by atoms with Crippen molar-refractivity contribution in [2.75, 3.05) is 47.4 Å². The Morgan fingerprint density at radius 3 is 2.25 bits per heavy atom. The first kappa shape index (κ1) is 17.0. The summed E-state index contributed by atoms with van der Waals surface area (Å²) in [6, 6.07) is 8.53. The van der Waals surface area contributed by atoms with Crippen LogP contribution < -0.4 is 10.5 Å². The van der Waals surface area contributed by atoms with E-state index in [1.165, 1.54) is 5.56 Å². The summed E-state index contributed by atoms with van der Waals surface area (Å²) in [4.78, 5) is 4.67. The molecule has 20 heavy (non-hydrogen) atoms. The van der Waals surface area contributed by atoms with Crippen molar-refractivity contribution in [3.8, 4) is 5.75 Å². The lowest BCUT2D eigenvalue weighted by Gasteiger charge is -2.30. The minimum Gasteiger partial charge on any atom is -0.497 e. The van der Waals surface area contributed by atoms with Gasteiger partial charge in [-0.1, -0.05) is 19.1 Å². The van der Waals surface area contributed by atoms with Gasteiger partial charge in [0.25, 0.3) is 0 Å². The van der Waals surface area contributed by atoms with Gasteiger partial charge in [0.2, 0.25) is 0 Å². The number of hydrogen-bond acceptors (Lipinski definition) is 4. The minimum absolute atomic E-state index is 0.285. The molecule has 0 radical (unpaired) electrons. The van der Waals surface area contributed by atoms with Gasteiger partial charge in [-0.15, -0.1) is 0 Å². The van der Waals surface area contributed by atoms with Crippen LogP contribution in [0.2, 0.25) is 0 Å². The van der Waals surface area contributed by atoms with Crippen LogP contribution in [0, 0.1) is 0 Å².